The zero-order valence-corrected chi connectivity index (χ0v) is 8.97. The Kier molecular flexibility index (Phi) is 2.60. The van der Waals surface area contributed by atoms with Gasteiger partial charge in [0.25, 0.3) is 0 Å². The topological polar surface area (TPSA) is 77.6 Å². The van der Waals surface area contributed by atoms with E-state index in [1.165, 1.54) is 29.5 Å². The molecule has 0 saturated carbocycles. The highest BCUT2D eigenvalue weighted by molar-refractivity contribution is 8.00. The average Bonchev–Trinajstić information content (AvgIpc) is 2.56. The van der Waals surface area contributed by atoms with Crippen molar-refractivity contribution in [3.05, 3.63) is 18.2 Å². The van der Waals surface area contributed by atoms with E-state index < -0.39 is 0 Å². The lowest BCUT2D eigenvalue weighted by Gasteiger charge is -1.95. The first-order valence-electron chi connectivity index (χ1n) is 3.80. The minimum atomic E-state index is 0.419. The lowest BCUT2D eigenvalue weighted by Crippen LogP contribution is -1.91. The van der Waals surface area contributed by atoms with E-state index in [1.807, 2.05) is 6.92 Å². The fourth-order valence-corrected chi connectivity index (χ4v) is 2.30. The van der Waals surface area contributed by atoms with E-state index in [0.717, 1.165) is 15.2 Å². The molecule has 5 nitrogen and oxygen atoms in total. The largest absolute Gasteiger partial charge is 0.382 e. The number of nitrogens with zero attached hydrogens (tertiary/aromatic N) is 4. The van der Waals surface area contributed by atoms with Gasteiger partial charge in [0.05, 0.1) is 12.4 Å². The second kappa shape index (κ2) is 3.89. The van der Waals surface area contributed by atoms with E-state index in [0.29, 0.717) is 5.82 Å². The van der Waals surface area contributed by atoms with Crippen molar-refractivity contribution in [1.82, 2.24) is 19.3 Å². The summed E-state index contributed by atoms with van der Waals surface area (Å²) >= 11 is 2.78. The molecule has 0 unspecified atom stereocenters. The molecule has 2 rings (SSSR count). The number of nitrogen functional groups attached to an aromatic ring is 1. The quantitative estimate of drug-likeness (QED) is 0.831. The van der Waals surface area contributed by atoms with Crippen molar-refractivity contribution in [3.63, 3.8) is 0 Å². The third kappa shape index (κ3) is 2.18. The van der Waals surface area contributed by atoms with E-state index >= 15 is 0 Å². The first-order chi connectivity index (χ1) is 6.74. The van der Waals surface area contributed by atoms with Crippen LogP contribution in [-0.4, -0.2) is 19.3 Å². The standard InChI is InChI=1S/C7H7N5S2/c1-4-11-7(14-12-4)13-6-3-9-5(8)2-10-6/h2-3H,1H3,(H2,8,9). The predicted octanol–water partition coefficient (Wildman–Crippen LogP) is 1.37. The molecule has 0 spiro atoms. The van der Waals surface area contributed by atoms with E-state index in [9.17, 15) is 0 Å². The van der Waals surface area contributed by atoms with E-state index in [4.69, 9.17) is 5.73 Å². The molecule has 0 aliphatic carbocycles. The van der Waals surface area contributed by atoms with Crippen LogP contribution in [0.25, 0.3) is 0 Å². The van der Waals surface area contributed by atoms with Crippen LogP contribution < -0.4 is 5.73 Å². The number of anilines is 1. The molecule has 0 fully saturated rings. The highest BCUT2D eigenvalue weighted by Crippen LogP contribution is 2.26. The van der Waals surface area contributed by atoms with Gasteiger partial charge in [-0.15, -0.1) is 0 Å². The van der Waals surface area contributed by atoms with E-state index in [1.54, 1.807) is 6.20 Å². The van der Waals surface area contributed by atoms with Crippen LogP contribution in [0.3, 0.4) is 0 Å². The molecule has 2 aromatic heterocycles. The summed E-state index contributed by atoms with van der Waals surface area (Å²) in [6.45, 7) is 1.86. The first-order valence-corrected chi connectivity index (χ1v) is 5.39. The van der Waals surface area contributed by atoms with Crippen LogP contribution in [0.2, 0.25) is 0 Å². The van der Waals surface area contributed by atoms with Crippen LogP contribution in [0.1, 0.15) is 5.82 Å². The van der Waals surface area contributed by atoms with Crippen LogP contribution in [0.4, 0.5) is 5.82 Å². The Morgan fingerprint density at radius 3 is 2.79 bits per heavy atom. The van der Waals surface area contributed by atoms with Gasteiger partial charge in [0.15, 0.2) is 4.34 Å². The highest BCUT2D eigenvalue weighted by Gasteiger charge is 2.03. The van der Waals surface area contributed by atoms with Gasteiger partial charge in [-0.2, -0.15) is 4.37 Å². The molecule has 14 heavy (non-hydrogen) atoms. The average molecular weight is 225 g/mol. The summed E-state index contributed by atoms with van der Waals surface area (Å²) < 4.78 is 4.93. The van der Waals surface area contributed by atoms with Gasteiger partial charge in [-0.05, 0) is 30.2 Å². The van der Waals surface area contributed by atoms with Crippen molar-refractivity contribution >= 4 is 29.1 Å². The molecular weight excluding hydrogens is 218 g/mol. The molecule has 2 aromatic rings. The summed E-state index contributed by atoms with van der Waals surface area (Å²) in [6.07, 6.45) is 3.15. The van der Waals surface area contributed by atoms with Crippen LogP contribution in [0.5, 0.6) is 0 Å². The normalized spacial score (nSPS) is 10.4. The van der Waals surface area contributed by atoms with Gasteiger partial charge in [-0.3, -0.25) is 0 Å². The summed E-state index contributed by atoms with van der Waals surface area (Å²) in [7, 11) is 0. The van der Waals surface area contributed by atoms with Gasteiger partial charge in [-0.1, -0.05) is 0 Å². The second-order valence-corrected chi connectivity index (χ2v) is 4.51. The first kappa shape index (κ1) is 9.35. The Balaban J connectivity index is 2.15. The number of aromatic nitrogens is 4. The van der Waals surface area contributed by atoms with Crippen LogP contribution in [0, 0.1) is 6.92 Å². The van der Waals surface area contributed by atoms with Gasteiger partial charge in [0, 0.05) is 0 Å². The molecule has 2 N–H and O–H groups in total. The molecule has 0 saturated heterocycles. The van der Waals surface area contributed by atoms with Crippen molar-refractivity contribution < 1.29 is 0 Å². The molecule has 0 aromatic carbocycles. The number of rotatable bonds is 2. The van der Waals surface area contributed by atoms with Crippen molar-refractivity contribution in [2.45, 2.75) is 16.3 Å². The molecule has 0 aliphatic heterocycles. The molecule has 7 heteroatoms. The fraction of sp³-hybridized carbons (Fsp3) is 0.143. The lowest BCUT2D eigenvalue weighted by atomic mass is 10.7. The van der Waals surface area contributed by atoms with Gasteiger partial charge >= 0.3 is 0 Å². The van der Waals surface area contributed by atoms with Crippen molar-refractivity contribution in [2.24, 2.45) is 0 Å². The Morgan fingerprint density at radius 2 is 2.21 bits per heavy atom. The monoisotopic (exact) mass is 225 g/mol. The zero-order valence-electron chi connectivity index (χ0n) is 7.34. The van der Waals surface area contributed by atoms with E-state index in [-0.39, 0.29) is 0 Å². The van der Waals surface area contributed by atoms with Crippen LogP contribution in [0.15, 0.2) is 21.8 Å². The maximum atomic E-state index is 5.42. The predicted molar refractivity (Wildman–Crippen MR) is 55.2 cm³/mol. The Morgan fingerprint density at radius 1 is 1.36 bits per heavy atom. The van der Waals surface area contributed by atoms with Crippen molar-refractivity contribution in [1.29, 1.82) is 0 Å². The summed E-state index contributed by atoms with van der Waals surface area (Å²) in [6, 6.07) is 0. The number of hydrogen-bond donors (Lipinski definition) is 1. The minimum Gasteiger partial charge on any atom is -0.382 e. The van der Waals surface area contributed by atoms with Crippen LogP contribution >= 0.6 is 23.3 Å². The fourth-order valence-electron chi connectivity index (χ4n) is 0.788. The van der Waals surface area contributed by atoms with Gasteiger partial charge in [0.2, 0.25) is 0 Å². The molecule has 0 radical (unpaired) electrons. The summed E-state index contributed by atoms with van der Waals surface area (Å²) in [5.74, 6) is 1.20. The van der Waals surface area contributed by atoms with E-state index in [2.05, 4.69) is 19.3 Å². The maximum Gasteiger partial charge on any atom is 0.176 e. The zero-order chi connectivity index (χ0) is 9.97. The molecular formula is C7H7N5S2. The molecule has 0 aliphatic rings. The molecule has 0 atom stereocenters. The van der Waals surface area contributed by atoms with Crippen molar-refractivity contribution in [2.75, 3.05) is 5.73 Å². The summed E-state index contributed by atoms with van der Waals surface area (Å²) in [5.41, 5.74) is 5.42. The third-order valence-electron chi connectivity index (χ3n) is 1.35. The molecule has 2 heterocycles. The third-order valence-corrected chi connectivity index (χ3v) is 3.11. The number of hydrogen-bond acceptors (Lipinski definition) is 7. The minimum absolute atomic E-state index is 0.419. The van der Waals surface area contributed by atoms with Gasteiger partial charge in [0.1, 0.15) is 16.7 Å². The number of nitrogens with two attached hydrogens (primary N) is 1. The smallest absolute Gasteiger partial charge is 0.176 e. The van der Waals surface area contributed by atoms with Crippen molar-refractivity contribution in [3.8, 4) is 0 Å². The Labute approximate surface area is 89.0 Å². The molecule has 0 amide bonds. The van der Waals surface area contributed by atoms with Gasteiger partial charge < -0.3 is 5.73 Å². The summed E-state index contributed by atoms with van der Waals surface area (Å²) in [4.78, 5) is 12.2. The molecule has 0 bridgehead atoms. The lowest BCUT2D eigenvalue weighted by molar-refractivity contribution is 1.05. The summed E-state index contributed by atoms with van der Waals surface area (Å²) in [5, 5.41) is 0.773. The highest BCUT2D eigenvalue weighted by atomic mass is 32.2. The number of aryl methyl sites for hydroxylation is 1. The van der Waals surface area contributed by atoms with Crippen LogP contribution in [-0.2, 0) is 0 Å². The molecule has 72 valence electrons. The Hall–Kier alpha value is -1.21. The second-order valence-electron chi connectivity index (χ2n) is 2.49. The maximum absolute atomic E-state index is 5.42. The Bertz CT molecular complexity index is 424. The van der Waals surface area contributed by atoms with Gasteiger partial charge in [-0.25, -0.2) is 15.0 Å². The SMILES string of the molecule is Cc1nsc(Sc2cnc(N)cn2)n1.